The van der Waals surface area contributed by atoms with E-state index in [2.05, 4.69) is 4.72 Å². The quantitative estimate of drug-likeness (QED) is 0.652. The van der Waals surface area contributed by atoms with Gasteiger partial charge in [-0.3, -0.25) is 9.52 Å². The first kappa shape index (κ1) is 20.1. The standard InChI is InChI=1S/C23H23FN2O4S/c1-3-31(28,29)25-16-8-14-9-21(13-4-5-13)30-22(14)18(11-16)20-12-26(2)23(27)19-10-15(24)6-7-17(19)20/h6-8,10-13,21,25H,3-5,9H2,1-2H3. The van der Waals surface area contributed by atoms with Crippen LogP contribution in [0.3, 0.4) is 0 Å². The highest BCUT2D eigenvalue weighted by atomic mass is 32.2. The molecule has 1 fully saturated rings. The first-order chi connectivity index (χ1) is 14.8. The van der Waals surface area contributed by atoms with Crippen LogP contribution in [0.4, 0.5) is 10.1 Å². The van der Waals surface area contributed by atoms with Crippen LogP contribution < -0.4 is 15.0 Å². The molecule has 8 heteroatoms. The molecule has 1 saturated carbocycles. The minimum absolute atomic E-state index is 0.0390. The van der Waals surface area contributed by atoms with E-state index < -0.39 is 15.8 Å². The van der Waals surface area contributed by atoms with Gasteiger partial charge < -0.3 is 9.30 Å². The summed E-state index contributed by atoms with van der Waals surface area (Å²) in [6, 6.07) is 7.72. The lowest BCUT2D eigenvalue weighted by Gasteiger charge is -2.16. The summed E-state index contributed by atoms with van der Waals surface area (Å²) in [4.78, 5) is 12.6. The molecule has 1 N–H and O–H groups in total. The van der Waals surface area contributed by atoms with Crippen molar-refractivity contribution in [2.24, 2.45) is 13.0 Å². The van der Waals surface area contributed by atoms with Crippen molar-refractivity contribution in [3.8, 4) is 16.9 Å². The molecule has 162 valence electrons. The molecule has 5 rings (SSSR count). The SMILES string of the molecule is CCS(=O)(=O)Nc1cc2c(c(-c3cn(C)c(=O)c4cc(F)ccc34)c1)OC(C1CC1)C2. The number of ether oxygens (including phenoxy) is 1. The molecule has 0 bridgehead atoms. The van der Waals surface area contributed by atoms with Crippen molar-refractivity contribution >= 4 is 26.5 Å². The highest BCUT2D eigenvalue weighted by Gasteiger charge is 2.38. The Morgan fingerprint density at radius 1 is 1.16 bits per heavy atom. The molecule has 2 aromatic carbocycles. The number of halogens is 1. The summed E-state index contributed by atoms with van der Waals surface area (Å²) >= 11 is 0. The van der Waals surface area contributed by atoms with Crippen LogP contribution in [0.15, 0.2) is 41.3 Å². The Hall–Kier alpha value is -2.87. The van der Waals surface area contributed by atoms with Crippen molar-refractivity contribution in [2.75, 3.05) is 10.5 Å². The van der Waals surface area contributed by atoms with Gasteiger partial charge in [0.05, 0.1) is 11.1 Å². The number of benzene rings is 2. The van der Waals surface area contributed by atoms with Gasteiger partial charge in [0.2, 0.25) is 10.0 Å². The molecule has 2 aliphatic rings. The topological polar surface area (TPSA) is 77.4 Å². The number of pyridine rings is 1. The zero-order chi connectivity index (χ0) is 21.9. The van der Waals surface area contributed by atoms with Gasteiger partial charge in [-0.05, 0) is 55.3 Å². The van der Waals surface area contributed by atoms with Crippen LogP contribution in [0, 0.1) is 11.7 Å². The minimum Gasteiger partial charge on any atom is -0.489 e. The van der Waals surface area contributed by atoms with Gasteiger partial charge in [0.15, 0.2) is 0 Å². The largest absolute Gasteiger partial charge is 0.489 e. The number of rotatable bonds is 5. The number of sulfonamides is 1. The lowest BCUT2D eigenvalue weighted by molar-refractivity contribution is 0.208. The van der Waals surface area contributed by atoms with Crippen molar-refractivity contribution < 1.29 is 17.5 Å². The van der Waals surface area contributed by atoms with Crippen LogP contribution in [-0.2, 0) is 23.5 Å². The Balaban J connectivity index is 1.75. The Kier molecular flexibility index (Phi) is 4.58. The predicted octanol–water partition coefficient (Wildman–Crippen LogP) is 3.82. The van der Waals surface area contributed by atoms with Crippen LogP contribution >= 0.6 is 0 Å². The van der Waals surface area contributed by atoms with Gasteiger partial charge in [0, 0.05) is 42.0 Å². The zero-order valence-electron chi connectivity index (χ0n) is 17.3. The Morgan fingerprint density at radius 3 is 2.65 bits per heavy atom. The molecule has 1 aliphatic carbocycles. The smallest absolute Gasteiger partial charge is 0.258 e. The van der Waals surface area contributed by atoms with E-state index in [0.29, 0.717) is 40.3 Å². The van der Waals surface area contributed by atoms with E-state index in [-0.39, 0.29) is 22.8 Å². The van der Waals surface area contributed by atoms with Crippen molar-refractivity contribution in [2.45, 2.75) is 32.3 Å². The summed E-state index contributed by atoms with van der Waals surface area (Å²) < 4.78 is 48.7. The average molecular weight is 443 g/mol. The number of aromatic nitrogens is 1. The lowest BCUT2D eigenvalue weighted by atomic mass is 9.96. The van der Waals surface area contributed by atoms with Gasteiger partial charge in [0.1, 0.15) is 17.7 Å². The molecular weight excluding hydrogens is 419 g/mol. The summed E-state index contributed by atoms with van der Waals surface area (Å²) in [5, 5.41) is 0.866. The lowest BCUT2D eigenvalue weighted by Crippen LogP contribution is -2.17. The maximum Gasteiger partial charge on any atom is 0.258 e. The first-order valence-corrected chi connectivity index (χ1v) is 12.0. The molecule has 1 aliphatic heterocycles. The van der Waals surface area contributed by atoms with Crippen molar-refractivity contribution in [1.29, 1.82) is 0 Å². The van der Waals surface area contributed by atoms with Crippen LogP contribution in [-0.4, -0.2) is 24.8 Å². The first-order valence-electron chi connectivity index (χ1n) is 10.4. The number of fused-ring (bicyclic) bond motifs is 2. The van der Waals surface area contributed by atoms with E-state index in [9.17, 15) is 17.6 Å². The second-order valence-corrected chi connectivity index (χ2v) is 10.4. The molecule has 0 spiro atoms. The molecule has 0 amide bonds. The number of hydrogen-bond donors (Lipinski definition) is 1. The van der Waals surface area contributed by atoms with Crippen LogP contribution in [0.1, 0.15) is 25.3 Å². The van der Waals surface area contributed by atoms with Crippen LogP contribution in [0.25, 0.3) is 21.9 Å². The maximum absolute atomic E-state index is 13.9. The fraction of sp³-hybridized carbons (Fsp3) is 0.348. The third kappa shape index (κ3) is 3.59. The molecule has 3 aromatic rings. The minimum atomic E-state index is -3.47. The van der Waals surface area contributed by atoms with E-state index >= 15 is 0 Å². The van der Waals surface area contributed by atoms with E-state index in [0.717, 1.165) is 18.4 Å². The van der Waals surface area contributed by atoms with E-state index in [4.69, 9.17) is 4.74 Å². The summed E-state index contributed by atoms with van der Waals surface area (Å²) in [5.74, 6) is 0.701. The van der Waals surface area contributed by atoms with Crippen LogP contribution in [0.2, 0.25) is 0 Å². The molecule has 31 heavy (non-hydrogen) atoms. The normalized spacial score (nSPS) is 18.1. The number of aryl methyl sites for hydroxylation is 1. The third-order valence-electron chi connectivity index (χ3n) is 6.09. The predicted molar refractivity (Wildman–Crippen MR) is 119 cm³/mol. The van der Waals surface area contributed by atoms with Gasteiger partial charge in [-0.2, -0.15) is 0 Å². The highest BCUT2D eigenvalue weighted by molar-refractivity contribution is 7.92. The van der Waals surface area contributed by atoms with Gasteiger partial charge in [0.25, 0.3) is 5.56 Å². The number of hydrogen-bond acceptors (Lipinski definition) is 4. The number of nitrogens with one attached hydrogen (secondary N) is 1. The summed E-state index contributed by atoms with van der Waals surface area (Å²) in [5.41, 5.74) is 2.49. The molecule has 1 unspecified atom stereocenters. The maximum atomic E-state index is 13.9. The molecule has 1 atom stereocenters. The number of anilines is 1. The van der Waals surface area contributed by atoms with Crippen molar-refractivity contribution in [3.05, 3.63) is 58.3 Å². The average Bonchev–Trinajstić information content (AvgIpc) is 3.49. The second-order valence-electron chi connectivity index (χ2n) is 8.36. The number of nitrogens with zero attached hydrogens (tertiary/aromatic N) is 1. The van der Waals surface area contributed by atoms with Gasteiger partial charge >= 0.3 is 0 Å². The molecular formula is C23H23FN2O4S. The fourth-order valence-corrected chi connectivity index (χ4v) is 4.91. The molecule has 6 nitrogen and oxygen atoms in total. The Morgan fingerprint density at radius 2 is 1.94 bits per heavy atom. The van der Waals surface area contributed by atoms with Gasteiger partial charge in [-0.1, -0.05) is 6.07 Å². The van der Waals surface area contributed by atoms with E-state index in [1.165, 1.54) is 16.7 Å². The van der Waals surface area contributed by atoms with E-state index in [1.807, 2.05) is 6.07 Å². The summed E-state index contributed by atoms with van der Waals surface area (Å²) in [6.07, 6.45) is 4.75. The summed E-state index contributed by atoms with van der Waals surface area (Å²) in [6.45, 7) is 1.58. The van der Waals surface area contributed by atoms with Gasteiger partial charge in [-0.15, -0.1) is 0 Å². The molecule has 0 saturated heterocycles. The molecule has 2 heterocycles. The fourth-order valence-electron chi connectivity index (χ4n) is 4.29. The Bertz CT molecular complexity index is 1380. The monoisotopic (exact) mass is 442 g/mol. The van der Waals surface area contributed by atoms with Gasteiger partial charge in [-0.25, -0.2) is 12.8 Å². The highest BCUT2D eigenvalue weighted by Crippen LogP contribution is 2.47. The van der Waals surface area contributed by atoms with E-state index in [1.54, 1.807) is 32.3 Å². The zero-order valence-corrected chi connectivity index (χ0v) is 18.1. The molecule has 1 aromatic heterocycles. The molecule has 0 radical (unpaired) electrons. The van der Waals surface area contributed by atoms with Crippen molar-refractivity contribution in [1.82, 2.24) is 4.57 Å². The second kappa shape index (κ2) is 7.09. The third-order valence-corrected chi connectivity index (χ3v) is 7.40. The van der Waals surface area contributed by atoms with Crippen LogP contribution in [0.5, 0.6) is 5.75 Å². The van der Waals surface area contributed by atoms with Crippen molar-refractivity contribution in [3.63, 3.8) is 0 Å². The summed E-state index contributed by atoms with van der Waals surface area (Å²) in [7, 11) is -1.85. The Labute approximate surface area is 179 Å².